The second-order valence-corrected chi connectivity index (χ2v) is 2.27. The van der Waals surface area contributed by atoms with Gasteiger partial charge in [0.15, 0.2) is 12.0 Å². The molecule has 70 valence electrons. The van der Waals surface area contributed by atoms with Gasteiger partial charge in [-0.05, 0) is 12.1 Å². The SMILES string of the molecule is OCCO.c1ccc2ocnc2c1. The maximum Gasteiger partial charge on any atom is 0.181 e. The van der Waals surface area contributed by atoms with Gasteiger partial charge in [-0.1, -0.05) is 12.1 Å². The molecule has 1 heterocycles. The van der Waals surface area contributed by atoms with Crippen LogP contribution in [0.1, 0.15) is 0 Å². The minimum atomic E-state index is -0.125. The Labute approximate surface area is 75.5 Å². The van der Waals surface area contributed by atoms with Crippen molar-refractivity contribution in [3.05, 3.63) is 30.7 Å². The third-order valence-corrected chi connectivity index (χ3v) is 1.34. The second kappa shape index (κ2) is 5.29. The van der Waals surface area contributed by atoms with E-state index in [1.165, 1.54) is 6.39 Å². The zero-order valence-corrected chi connectivity index (χ0v) is 7.05. The van der Waals surface area contributed by atoms with E-state index in [4.69, 9.17) is 14.6 Å². The molecule has 0 atom stereocenters. The van der Waals surface area contributed by atoms with Gasteiger partial charge in [0.2, 0.25) is 0 Å². The quantitative estimate of drug-likeness (QED) is 0.682. The number of hydrogen-bond acceptors (Lipinski definition) is 4. The van der Waals surface area contributed by atoms with Crippen molar-refractivity contribution in [3.8, 4) is 0 Å². The number of para-hydroxylation sites is 2. The summed E-state index contributed by atoms with van der Waals surface area (Å²) < 4.78 is 5.01. The van der Waals surface area contributed by atoms with Crippen LogP contribution in [0, 0.1) is 0 Å². The van der Waals surface area contributed by atoms with Crippen LogP contribution in [0.25, 0.3) is 11.1 Å². The van der Waals surface area contributed by atoms with E-state index in [1.54, 1.807) is 0 Å². The fourth-order valence-corrected chi connectivity index (χ4v) is 0.803. The number of oxazole rings is 1. The van der Waals surface area contributed by atoms with Gasteiger partial charge in [-0.3, -0.25) is 0 Å². The summed E-state index contributed by atoms with van der Waals surface area (Å²) in [4.78, 5) is 3.95. The molecule has 0 radical (unpaired) electrons. The lowest BCUT2D eigenvalue weighted by Crippen LogP contribution is -1.85. The summed E-state index contributed by atoms with van der Waals surface area (Å²) in [6.07, 6.45) is 1.45. The van der Waals surface area contributed by atoms with Gasteiger partial charge in [0.1, 0.15) is 5.52 Å². The maximum atomic E-state index is 7.62. The van der Waals surface area contributed by atoms with E-state index in [-0.39, 0.29) is 13.2 Å². The summed E-state index contributed by atoms with van der Waals surface area (Å²) in [7, 11) is 0. The highest BCUT2D eigenvalue weighted by Crippen LogP contribution is 2.09. The first kappa shape index (κ1) is 9.70. The molecule has 2 N–H and O–H groups in total. The fourth-order valence-electron chi connectivity index (χ4n) is 0.803. The first-order chi connectivity index (χ1) is 6.38. The van der Waals surface area contributed by atoms with Crippen LogP contribution in [0.2, 0.25) is 0 Å². The first-order valence-electron chi connectivity index (χ1n) is 3.88. The highest BCUT2D eigenvalue weighted by molar-refractivity contribution is 5.71. The largest absolute Gasteiger partial charge is 0.443 e. The average Bonchev–Trinajstić information content (AvgIpc) is 2.66. The van der Waals surface area contributed by atoms with E-state index in [9.17, 15) is 0 Å². The number of rotatable bonds is 1. The predicted molar refractivity (Wildman–Crippen MR) is 48.2 cm³/mol. The molecule has 4 heteroatoms. The van der Waals surface area contributed by atoms with Crippen LogP contribution in [0.3, 0.4) is 0 Å². The van der Waals surface area contributed by atoms with E-state index in [0.717, 1.165) is 11.1 Å². The van der Waals surface area contributed by atoms with Crippen molar-refractivity contribution in [1.82, 2.24) is 4.98 Å². The molecule has 0 spiro atoms. The van der Waals surface area contributed by atoms with Gasteiger partial charge in [-0.15, -0.1) is 0 Å². The predicted octanol–water partition coefficient (Wildman–Crippen LogP) is 0.799. The van der Waals surface area contributed by atoms with Gasteiger partial charge in [0.25, 0.3) is 0 Å². The minimum absolute atomic E-state index is 0.125. The van der Waals surface area contributed by atoms with Gasteiger partial charge in [-0.2, -0.15) is 0 Å². The summed E-state index contributed by atoms with van der Waals surface area (Å²) in [6.45, 7) is -0.250. The number of aromatic nitrogens is 1. The van der Waals surface area contributed by atoms with Gasteiger partial charge in [0, 0.05) is 0 Å². The molecule has 0 amide bonds. The lowest BCUT2D eigenvalue weighted by atomic mass is 10.3. The lowest BCUT2D eigenvalue weighted by molar-refractivity contribution is 0.186. The van der Waals surface area contributed by atoms with E-state index >= 15 is 0 Å². The van der Waals surface area contributed by atoms with Crippen LogP contribution < -0.4 is 0 Å². The first-order valence-corrected chi connectivity index (χ1v) is 3.88. The van der Waals surface area contributed by atoms with E-state index in [0.29, 0.717) is 0 Å². The number of aliphatic hydroxyl groups is 2. The summed E-state index contributed by atoms with van der Waals surface area (Å²) >= 11 is 0. The highest BCUT2D eigenvalue weighted by Gasteiger charge is 1.91. The maximum absolute atomic E-state index is 7.62. The standard InChI is InChI=1S/C7H5NO.C2H6O2/c1-2-4-7-6(3-1)8-5-9-7;3-1-2-4/h1-5H;3-4H,1-2H2. The molecule has 0 aliphatic heterocycles. The monoisotopic (exact) mass is 181 g/mol. The van der Waals surface area contributed by atoms with Crippen LogP contribution in [0.15, 0.2) is 35.1 Å². The molecule has 0 bridgehead atoms. The third-order valence-electron chi connectivity index (χ3n) is 1.34. The Morgan fingerprint density at radius 1 is 1.15 bits per heavy atom. The molecule has 0 unspecified atom stereocenters. The Hall–Kier alpha value is -1.39. The normalized spacial score (nSPS) is 9.38. The molecule has 0 saturated heterocycles. The number of hydrogen-bond donors (Lipinski definition) is 2. The van der Waals surface area contributed by atoms with Crippen LogP contribution in [0.5, 0.6) is 0 Å². The van der Waals surface area contributed by atoms with E-state index in [1.807, 2.05) is 24.3 Å². The molecule has 4 nitrogen and oxygen atoms in total. The molecule has 1 aromatic heterocycles. The van der Waals surface area contributed by atoms with Gasteiger partial charge in [-0.25, -0.2) is 4.98 Å². The average molecular weight is 181 g/mol. The Balaban J connectivity index is 0.000000184. The van der Waals surface area contributed by atoms with Crippen molar-refractivity contribution >= 4 is 11.1 Å². The number of fused-ring (bicyclic) bond motifs is 1. The Morgan fingerprint density at radius 2 is 1.85 bits per heavy atom. The van der Waals surface area contributed by atoms with Crippen LogP contribution in [0.4, 0.5) is 0 Å². The van der Waals surface area contributed by atoms with Crippen molar-refractivity contribution < 1.29 is 14.6 Å². The molecular weight excluding hydrogens is 170 g/mol. The van der Waals surface area contributed by atoms with Crippen molar-refractivity contribution in [2.45, 2.75) is 0 Å². The molecule has 0 saturated carbocycles. The fraction of sp³-hybridized carbons (Fsp3) is 0.222. The van der Waals surface area contributed by atoms with E-state index < -0.39 is 0 Å². The lowest BCUT2D eigenvalue weighted by Gasteiger charge is -1.79. The summed E-state index contributed by atoms with van der Waals surface area (Å²) in [6, 6.07) is 7.67. The van der Waals surface area contributed by atoms with Gasteiger partial charge >= 0.3 is 0 Å². The van der Waals surface area contributed by atoms with E-state index in [2.05, 4.69) is 4.98 Å². The molecule has 13 heavy (non-hydrogen) atoms. The molecule has 0 aliphatic rings. The molecule has 1 aromatic carbocycles. The second-order valence-electron chi connectivity index (χ2n) is 2.27. The smallest absolute Gasteiger partial charge is 0.181 e. The topological polar surface area (TPSA) is 66.5 Å². The van der Waals surface area contributed by atoms with Gasteiger partial charge < -0.3 is 14.6 Å². The molecule has 0 fully saturated rings. The zero-order valence-electron chi connectivity index (χ0n) is 7.05. The summed E-state index contributed by atoms with van der Waals surface area (Å²) in [5.41, 5.74) is 1.76. The zero-order chi connectivity index (χ0) is 9.52. The Morgan fingerprint density at radius 3 is 2.46 bits per heavy atom. The van der Waals surface area contributed by atoms with Crippen molar-refractivity contribution in [3.63, 3.8) is 0 Å². The number of aliphatic hydroxyl groups excluding tert-OH is 2. The molecule has 2 aromatic rings. The van der Waals surface area contributed by atoms with Crippen LogP contribution in [-0.2, 0) is 0 Å². The summed E-state index contributed by atoms with van der Waals surface area (Å²) in [5, 5.41) is 15.2. The Kier molecular flexibility index (Phi) is 3.95. The third kappa shape index (κ3) is 2.85. The highest BCUT2D eigenvalue weighted by atomic mass is 16.3. The van der Waals surface area contributed by atoms with Crippen molar-refractivity contribution in [1.29, 1.82) is 0 Å². The molecule has 2 rings (SSSR count). The Bertz CT molecular complexity index is 313. The van der Waals surface area contributed by atoms with Crippen LogP contribution in [-0.4, -0.2) is 28.4 Å². The summed E-state index contributed by atoms with van der Waals surface area (Å²) in [5.74, 6) is 0. The van der Waals surface area contributed by atoms with Gasteiger partial charge in [0.05, 0.1) is 13.2 Å². The van der Waals surface area contributed by atoms with Crippen molar-refractivity contribution in [2.24, 2.45) is 0 Å². The molecule has 0 aliphatic carbocycles. The minimum Gasteiger partial charge on any atom is -0.443 e. The molecular formula is C9H11NO3. The number of benzene rings is 1. The number of nitrogens with zero attached hydrogens (tertiary/aromatic N) is 1. The van der Waals surface area contributed by atoms with Crippen LogP contribution >= 0.6 is 0 Å². The van der Waals surface area contributed by atoms with Crippen molar-refractivity contribution in [2.75, 3.05) is 13.2 Å².